The summed E-state index contributed by atoms with van der Waals surface area (Å²) in [5.41, 5.74) is 1.74. The van der Waals surface area contributed by atoms with Crippen LogP contribution in [0.4, 0.5) is 5.69 Å². The summed E-state index contributed by atoms with van der Waals surface area (Å²) >= 11 is 0. The molecule has 0 spiro atoms. The number of benzene rings is 3. The zero-order valence-electron chi connectivity index (χ0n) is 25.8. The Balaban J connectivity index is 2.11. The van der Waals surface area contributed by atoms with Gasteiger partial charge in [0.1, 0.15) is 29.8 Å². The number of hydrogen-bond donors (Lipinski definition) is 1. The van der Waals surface area contributed by atoms with E-state index in [4.69, 9.17) is 14.2 Å². The molecule has 0 aromatic heterocycles. The molecule has 10 nitrogen and oxygen atoms in total. The predicted octanol–water partition coefficient (Wildman–Crippen LogP) is 4.55. The SMILES string of the molecule is CC[C@@H](C)NC(=O)[C@H](C)N(Cc1ccc(OC)cc1)C(=O)CN(c1cc(OC)ccc1OC)S(=O)(=O)c1ccc(C)cc1. The Labute approximate surface area is 254 Å². The third-order valence-electron chi connectivity index (χ3n) is 7.22. The van der Waals surface area contributed by atoms with E-state index in [1.807, 2.05) is 20.8 Å². The summed E-state index contributed by atoms with van der Waals surface area (Å²) < 4.78 is 45.4. The van der Waals surface area contributed by atoms with E-state index in [1.54, 1.807) is 62.6 Å². The van der Waals surface area contributed by atoms with Gasteiger partial charge < -0.3 is 24.4 Å². The van der Waals surface area contributed by atoms with Gasteiger partial charge in [0.25, 0.3) is 10.0 Å². The van der Waals surface area contributed by atoms with E-state index in [9.17, 15) is 18.0 Å². The lowest BCUT2D eigenvalue weighted by molar-refractivity contribution is -0.139. The number of nitrogens with zero attached hydrogens (tertiary/aromatic N) is 2. The molecular weight excluding hydrogens is 570 g/mol. The maximum Gasteiger partial charge on any atom is 0.264 e. The molecular formula is C32H41N3O7S. The van der Waals surface area contributed by atoms with Gasteiger partial charge in [-0.25, -0.2) is 8.42 Å². The lowest BCUT2D eigenvalue weighted by atomic mass is 10.1. The van der Waals surface area contributed by atoms with E-state index >= 15 is 0 Å². The minimum atomic E-state index is -4.27. The summed E-state index contributed by atoms with van der Waals surface area (Å²) in [5, 5.41) is 2.93. The Morgan fingerprint density at radius 2 is 1.47 bits per heavy atom. The standard InChI is InChI=1S/C32H41N3O7S/c1-8-23(3)33-32(37)24(4)34(20-25-11-13-26(40-5)14-12-25)31(36)21-35(29-19-27(41-6)15-18-30(29)42-7)43(38,39)28-16-9-22(2)10-17-28/h9-19,23-24H,8,20-21H2,1-7H3,(H,33,37)/t23-,24+/m1/s1. The Bertz CT molecular complexity index is 1490. The Hall–Kier alpha value is -4.25. The van der Waals surface area contributed by atoms with Gasteiger partial charge in [-0.2, -0.15) is 0 Å². The Morgan fingerprint density at radius 1 is 0.860 bits per heavy atom. The van der Waals surface area contributed by atoms with Crippen molar-refractivity contribution in [3.8, 4) is 17.2 Å². The molecule has 0 aliphatic heterocycles. The highest BCUT2D eigenvalue weighted by atomic mass is 32.2. The highest BCUT2D eigenvalue weighted by Crippen LogP contribution is 2.36. The molecule has 0 fully saturated rings. The van der Waals surface area contributed by atoms with Crippen LogP contribution in [-0.4, -0.2) is 65.1 Å². The zero-order chi connectivity index (χ0) is 31.7. The summed E-state index contributed by atoms with van der Waals surface area (Å²) in [7, 11) is 0.163. The average Bonchev–Trinajstić information content (AvgIpc) is 3.01. The number of rotatable bonds is 14. The number of aryl methyl sites for hydroxylation is 1. The quantitative estimate of drug-likeness (QED) is 0.285. The molecule has 232 valence electrons. The first-order chi connectivity index (χ1) is 20.4. The zero-order valence-corrected chi connectivity index (χ0v) is 26.6. The van der Waals surface area contributed by atoms with E-state index in [1.165, 1.54) is 37.3 Å². The second-order valence-electron chi connectivity index (χ2n) is 10.2. The fraction of sp³-hybridized carbons (Fsp3) is 0.375. The van der Waals surface area contributed by atoms with Crippen molar-refractivity contribution in [2.45, 2.75) is 57.6 Å². The van der Waals surface area contributed by atoms with Crippen LogP contribution >= 0.6 is 0 Å². The predicted molar refractivity (Wildman–Crippen MR) is 166 cm³/mol. The summed E-state index contributed by atoms with van der Waals surface area (Å²) in [5.74, 6) is 0.327. The van der Waals surface area contributed by atoms with Gasteiger partial charge in [0.2, 0.25) is 11.8 Å². The van der Waals surface area contributed by atoms with Gasteiger partial charge in [-0.1, -0.05) is 36.8 Å². The number of nitrogens with one attached hydrogen (secondary N) is 1. The molecule has 3 aromatic carbocycles. The van der Waals surface area contributed by atoms with E-state index in [-0.39, 0.29) is 34.8 Å². The fourth-order valence-corrected chi connectivity index (χ4v) is 5.73. The maximum absolute atomic E-state index is 14.2. The summed E-state index contributed by atoms with van der Waals surface area (Å²) in [6.07, 6.45) is 0.711. The highest BCUT2D eigenvalue weighted by Gasteiger charge is 2.34. The number of methoxy groups -OCH3 is 3. The second kappa shape index (κ2) is 14.8. The van der Waals surface area contributed by atoms with Crippen LogP contribution in [0.1, 0.15) is 38.3 Å². The number of amides is 2. The van der Waals surface area contributed by atoms with Crippen LogP contribution in [0.5, 0.6) is 17.2 Å². The van der Waals surface area contributed by atoms with E-state index < -0.39 is 28.5 Å². The van der Waals surface area contributed by atoms with E-state index in [0.717, 1.165) is 15.4 Å². The average molecular weight is 612 g/mol. The monoisotopic (exact) mass is 611 g/mol. The van der Waals surface area contributed by atoms with Crippen molar-refractivity contribution in [1.29, 1.82) is 0 Å². The first-order valence-corrected chi connectivity index (χ1v) is 15.4. The van der Waals surface area contributed by atoms with Crippen LogP contribution in [0.2, 0.25) is 0 Å². The Kier molecular flexibility index (Phi) is 11.4. The van der Waals surface area contributed by atoms with Crippen molar-refractivity contribution >= 4 is 27.5 Å². The van der Waals surface area contributed by atoms with E-state index in [0.29, 0.717) is 17.9 Å². The van der Waals surface area contributed by atoms with Crippen molar-refractivity contribution < 1.29 is 32.2 Å². The van der Waals surface area contributed by atoms with Crippen LogP contribution in [0.15, 0.2) is 71.6 Å². The summed E-state index contributed by atoms with van der Waals surface area (Å²) in [6, 6.07) is 17.2. The molecule has 0 saturated carbocycles. The van der Waals surface area contributed by atoms with Gasteiger partial charge in [0.05, 0.1) is 31.9 Å². The summed E-state index contributed by atoms with van der Waals surface area (Å²) in [6.45, 7) is 6.77. The van der Waals surface area contributed by atoms with Gasteiger partial charge in [-0.3, -0.25) is 13.9 Å². The number of hydrogen-bond acceptors (Lipinski definition) is 7. The largest absolute Gasteiger partial charge is 0.497 e. The van der Waals surface area contributed by atoms with Crippen molar-refractivity contribution in [2.75, 3.05) is 32.2 Å². The van der Waals surface area contributed by atoms with Gasteiger partial charge in [0.15, 0.2) is 0 Å². The first kappa shape index (κ1) is 33.3. The van der Waals surface area contributed by atoms with Gasteiger partial charge in [-0.15, -0.1) is 0 Å². The number of carbonyl (C=O) groups excluding carboxylic acids is 2. The number of carbonyl (C=O) groups is 2. The molecule has 3 rings (SSSR count). The first-order valence-electron chi connectivity index (χ1n) is 14.0. The van der Waals surface area contributed by atoms with Crippen LogP contribution in [0, 0.1) is 6.92 Å². The van der Waals surface area contributed by atoms with Crippen LogP contribution in [0.25, 0.3) is 0 Å². The fourth-order valence-electron chi connectivity index (χ4n) is 4.32. The third-order valence-corrected chi connectivity index (χ3v) is 9.00. The number of anilines is 1. The van der Waals surface area contributed by atoms with Gasteiger partial charge >= 0.3 is 0 Å². The molecule has 0 bridgehead atoms. The normalized spacial score (nSPS) is 12.5. The maximum atomic E-state index is 14.2. The molecule has 0 aliphatic carbocycles. The minimum Gasteiger partial charge on any atom is -0.497 e. The summed E-state index contributed by atoms with van der Waals surface area (Å²) in [4.78, 5) is 28.8. The highest BCUT2D eigenvalue weighted by molar-refractivity contribution is 7.92. The molecule has 43 heavy (non-hydrogen) atoms. The molecule has 3 aromatic rings. The van der Waals surface area contributed by atoms with Crippen molar-refractivity contribution in [1.82, 2.24) is 10.2 Å². The lowest BCUT2D eigenvalue weighted by Gasteiger charge is -2.33. The molecule has 2 amide bonds. The van der Waals surface area contributed by atoms with Gasteiger partial charge in [-0.05, 0) is 69.2 Å². The third kappa shape index (κ3) is 8.19. The molecule has 0 unspecified atom stereocenters. The molecule has 11 heteroatoms. The van der Waals surface area contributed by atoms with Crippen molar-refractivity contribution in [3.05, 3.63) is 77.9 Å². The van der Waals surface area contributed by atoms with Crippen LogP contribution < -0.4 is 23.8 Å². The molecule has 0 heterocycles. The minimum absolute atomic E-state index is 0.0000366. The Morgan fingerprint density at radius 3 is 2.02 bits per heavy atom. The van der Waals surface area contributed by atoms with E-state index in [2.05, 4.69) is 5.32 Å². The van der Waals surface area contributed by atoms with Gasteiger partial charge in [0, 0.05) is 18.7 Å². The van der Waals surface area contributed by atoms with Crippen LogP contribution in [0.3, 0.4) is 0 Å². The number of sulfonamides is 1. The smallest absolute Gasteiger partial charge is 0.264 e. The molecule has 2 atom stereocenters. The van der Waals surface area contributed by atoms with Crippen molar-refractivity contribution in [2.24, 2.45) is 0 Å². The van der Waals surface area contributed by atoms with Crippen molar-refractivity contribution in [3.63, 3.8) is 0 Å². The lowest BCUT2D eigenvalue weighted by Crippen LogP contribution is -2.52. The van der Waals surface area contributed by atoms with Crippen LogP contribution in [-0.2, 0) is 26.2 Å². The molecule has 1 N–H and O–H groups in total. The topological polar surface area (TPSA) is 114 Å². The number of ether oxygens (including phenoxy) is 3. The molecule has 0 saturated heterocycles. The molecule has 0 radical (unpaired) electrons. The second-order valence-corrected chi connectivity index (χ2v) is 12.1. The molecule has 0 aliphatic rings.